The van der Waals surface area contributed by atoms with Crippen molar-refractivity contribution in [3.8, 4) is 0 Å². The van der Waals surface area contributed by atoms with E-state index in [9.17, 15) is 14.7 Å². The number of carbonyl (C=O) groups is 2. The number of carbonyl (C=O) groups excluding carboxylic acids is 1. The molecule has 0 aliphatic rings. The van der Waals surface area contributed by atoms with Crippen LogP contribution in [0.4, 0.5) is 0 Å². The van der Waals surface area contributed by atoms with E-state index < -0.39 is 11.9 Å². The first kappa shape index (κ1) is 19.2. The molecule has 0 bridgehead atoms. The number of unbranched alkanes of at least 4 members (excludes halogenated alkanes) is 1. The predicted octanol–water partition coefficient (Wildman–Crippen LogP) is 4.93. The van der Waals surface area contributed by atoms with Crippen LogP contribution in [0.3, 0.4) is 0 Å². The lowest BCUT2D eigenvalue weighted by Gasteiger charge is -2.26. The van der Waals surface area contributed by atoms with Crippen LogP contribution in [-0.4, -0.2) is 23.1 Å². The summed E-state index contributed by atoms with van der Waals surface area (Å²) < 4.78 is 5.72. The molecule has 1 rings (SSSR count). The molecule has 0 radical (unpaired) electrons. The molecule has 0 aliphatic carbocycles. The normalized spacial score (nSPS) is 13.3. The Kier molecular flexibility index (Phi) is 8.38. The minimum atomic E-state index is -1.11. The summed E-state index contributed by atoms with van der Waals surface area (Å²) in [4.78, 5) is 23.7. The van der Waals surface area contributed by atoms with Gasteiger partial charge in [0.15, 0.2) is 0 Å². The van der Waals surface area contributed by atoms with Crippen molar-refractivity contribution in [2.45, 2.75) is 65.4 Å². The Morgan fingerprint density at radius 1 is 1.04 bits per heavy atom. The average Bonchev–Trinajstić information content (AvgIpc) is 2.55. The zero-order valence-corrected chi connectivity index (χ0v) is 14.4. The molecule has 128 valence electrons. The summed E-state index contributed by atoms with van der Waals surface area (Å²) in [6, 6.07) is 6.22. The van der Waals surface area contributed by atoms with E-state index in [1.165, 1.54) is 12.1 Å². The summed E-state index contributed by atoms with van der Waals surface area (Å²) in [5.41, 5.74) is 0.126. The summed E-state index contributed by atoms with van der Waals surface area (Å²) in [6.45, 7) is 6.33. The number of ether oxygens (including phenoxy) is 1. The topological polar surface area (TPSA) is 63.6 Å². The SMILES string of the molecule is CCCCC(CC)C(CCC)OC(=O)c1ccccc1C(=O)O. The van der Waals surface area contributed by atoms with Gasteiger partial charge in [-0.3, -0.25) is 0 Å². The number of carboxylic acid groups (broad SMARTS) is 1. The Balaban J connectivity index is 2.91. The molecular formula is C19H28O4. The second-order valence-corrected chi connectivity index (χ2v) is 5.89. The Bertz CT molecular complexity index is 510. The van der Waals surface area contributed by atoms with Crippen molar-refractivity contribution in [2.75, 3.05) is 0 Å². The minimum absolute atomic E-state index is 0.00523. The Morgan fingerprint density at radius 2 is 1.70 bits per heavy atom. The van der Waals surface area contributed by atoms with E-state index in [2.05, 4.69) is 20.8 Å². The van der Waals surface area contributed by atoms with Crippen LogP contribution >= 0.6 is 0 Å². The van der Waals surface area contributed by atoms with Crippen molar-refractivity contribution < 1.29 is 19.4 Å². The Labute approximate surface area is 138 Å². The van der Waals surface area contributed by atoms with E-state index in [4.69, 9.17) is 4.74 Å². The van der Waals surface area contributed by atoms with Gasteiger partial charge in [0, 0.05) is 0 Å². The fourth-order valence-corrected chi connectivity index (χ4v) is 2.84. The number of hydrogen-bond donors (Lipinski definition) is 1. The Hall–Kier alpha value is -1.84. The number of rotatable bonds is 10. The number of aromatic carboxylic acids is 1. The van der Waals surface area contributed by atoms with Crippen LogP contribution in [0.15, 0.2) is 24.3 Å². The molecule has 0 amide bonds. The van der Waals surface area contributed by atoms with Gasteiger partial charge in [-0.25, -0.2) is 9.59 Å². The largest absolute Gasteiger partial charge is 0.478 e. The van der Waals surface area contributed by atoms with Crippen molar-refractivity contribution >= 4 is 11.9 Å². The van der Waals surface area contributed by atoms with Gasteiger partial charge in [0.25, 0.3) is 0 Å². The van der Waals surface area contributed by atoms with Gasteiger partial charge in [0.05, 0.1) is 11.1 Å². The molecule has 0 saturated carbocycles. The lowest BCUT2D eigenvalue weighted by molar-refractivity contribution is 0.00807. The molecule has 0 aromatic heterocycles. The fraction of sp³-hybridized carbons (Fsp3) is 0.579. The van der Waals surface area contributed by atoms with E-state index >= 15 is 0 Å². The van der Waals surface area contributed by atoms with Gasteiger partial charge in [-0.2, -0.15) is 0 Å². The van der Waals surface area contributed by atoms with Crippen LogP contribution in [0.5, 0.6) is 0 Å². The predicted molar refractivity (Wildman–Crippen MR) is 90.8 cm³/mol. The summed E-state index contributed by atoms with van der Waals surface area (Å²) in [5.74, 6) is -1.31. The summed E-state index contributed by atoms with van der Waals surface area (Å²) in [5, 5.41) is 9.22. The molecular weight excluding hydrogens is 292 g/mol. The van der Waals surface area contributed by atoms with Crippen LogP contribution in [0.1, 0.15) is 80.0 Å². The second kappa shape index (κ2) is 10.0. The molecule has 0 aliphatic heterocycles. The van der Waals surface area contributed by atoms with Crippen LogP contribution in [0.2, 0.25) is 0 Å². The fourth-order valence-electron chi connectivity index (χ4n) is 2.84. The maximum Gasteiger partial charge on any atom is 0.339 e. The molecule has 1 N–H and O–H groups in total. The Morgan fingerprint density at radius 3 is 2.22 bits per heavy atom. The van der Waals surface area contributed by atoms with E-state index in [0.29, 0.717) is 5.92 Å². The first-order chi connectivity index (χ1) is 11.0. The highest BCUT2D eigenvalue weighted by atomic mass is 16.5. The molecule has 4 nitrogen and oxygen atoms in total. The smallest absolute Gasteiger partial charge is 0.339 e. The first-order valence-electron chi connectivity index (χ1n) is 8.58. The highest BCUT2D eigenvalue weighted by molar-refractivity contribution is 6.02. The summed E-state index contributed by atoms with van der Waals surface area (Å²) >= 11 is 0. The number of benzene rings is 1. The zero-order valence-electron chi connectivity index (χ0n) is 14.4. The standard InChI is InChI=1S/C19H28O4/c1-4-7-11-14(6-3)17(10-5-2)23-19(22)16-13-9-8-12-15(16)18(20)21/h8-9,12-14,17H,4-7,10-11H2,1-3H3,(H,20,21). The molecule has 1 aromatic rings. The van der Waals surface area contributed by atoms with Gasteiger partial charge >= 0.3 is 11.9 Å². The number of hydrogen-bond acceptors (Lipinski definition) is 3. The van der Waals surface area contributed by atoms with Gasteiger partial charge in [0.1, 0.15) is 6.10 Å². The van der Waals surface area contributed by atoms with Crippen LogP contribution in [0, 0.1) is 5.92 Å². The molecule has 0 fully saturated rings. The quantitative estimate of drug-likeness (QED) is 0.621. The van der Waals surface area contributed by atoms with Gasteiger partial charge in [-0.15, -0.1) is 0 Å². The van der Waals surface area contributed by atoms with Crippen LogP contribution in [-0.2, 0) is 4.74 Å². The van der Waals surface area contributed by atoms with Gasteiger partial charge < -0.3 is 9.84 Å². The van der Waals surface area contributed by atoms with Crippen molar-refractivity contribution in [3.63, 3.8) is 0 Å². The highest BCUT2D eigenvalue weighted by Crippen LogP contribution is 2.24. The molecule has 1 aromatic carbocycles. The summed E-state index contributed by atoms with van der Waals surface area (Å²) in [6.07, 6.45) is 5.81. The molecule has 0 heterocycles. The molecule has 4 heteroatoms. The molecule has 0 spiro atoms. The third-order valence-corrected chi connectivity index (χ3v) is 4.19. The van der Waals surface area contributed by atoms with E-state index in [1.54, 1.807) is 12.1 Å². The molecule has 23 heavy (non-hydrogen) atoms. The summed E-state index contributed by atoms with van der Waals surface area (Å²) in [7, 11) is 0. The lowest BCUT2D eigenvalue weighted by Crippen LogP contribution is -2.27. The monoisotopic (exact) mass is 320 g/mol. The highest BCUT2D eigenvalue weighted by Gasteiger charge is 2.25. The lowest BCUT2D eigenvalue weighted by atomic mass is 9.90. The molecule has 2 unspecified atom stereocenters. The van der Waals surface area contributed by atoms with Gasteiger partial charge in [-0.05, 0) is 37.3 Å². The average molecular weight is 320 g/mol. The zero-order chi connectivity index (χ0) is 17.2. The van der Waals surface area contributed by atoms with Crippen LogP contribution < -0.4 is 0 Å². The third kappa shape index (κ3) is 5.70. The van der Waals surface area contributed by atoms with Crippen LogP contribution in [0.25, 0.3) is 0 Å². The number of carboxylic acids is 1. The third-order valence-electron chi connectivity index (χ3n) is 4.19. The number of esters is 1. The van der Waals surface area contributed by atoms with E-state index in [1.807, 2.05) is 0 Å². The van der Waals surface area contributed by atoms with Crippen molar-refractivity contribution in [1.82, 2.24) is 0 Å². The van der Waals surface area contributed by atoms with Crippen molar-refractivity contribution in [2.24, 2.45) is 5.92 Å². The molecule has 0 saturated heterocycles. The van der Waals surface area contributed by atoms with E-state index in [0.717, 1.165) is 38.5 Å². The minimum Gasteiger partial charge on any atom is -0.478 e. The van der Waals surface area contributed by atoms with Crippen molar-refractivity contribution in [1.29, 1.82) is 0 Å². The first-order valence-corrected chi connectivity index (χ1v) is 8.58. The maximum absolute atomic E-state index is 12.5. The van der Waals surface area contributed by atoms with Crippen molar-refractivity contribution in [3.05, 3.63) is 35.4 Å². The van der Waals surface area contributed by atoms with Gasteiger partial charge in [-0.1, -0.05) is 52.2 Å². The maximum atomic E-state index is 12.5. The van der Waals surface area contributed by atoms with E-state index in [-0.39, 0.29) is 17.2 Å². The van der Waals surface area contributed by atoms with Gasteiger partial charge in [0.2, 0.25) is 0 Å². The molecule has 2 atom stereocenters. The second-order valence-electron chi connectivity index (χ2n) is 5.89.